The summed E-state index contributed by atoms with van der Waals surface area (Å²) < 4.78 is 0. The highest BCUT2D eigenvalue weighted by molar-refractivity contribution is 6.30. The molecule has 1 fully saturated rings. The zero-order valence-corrected chi connectivity index (χ0v) is 11.7. The van der Waals surface area contributed by atoms with Gasteiger partial charge < -0.3 is 5.32 Å². The minimum absolute atomic E-state index is 0.154. The highest BCUT2D eigenvalue weighted by atomic mass is 35.5. The van der Waals surface area contributed by atoms with Crippen LogP contribution in [0.4, 0.5) is 5.69 Å². The van der Waals surface area contributed by atoms with E-state index in [1.807, 2.05) is 7.05 Å². The maximum atomic E-state index is 11.0. The molecule has 0 aliphatic carbocycles. The Kier molecular flexibility index (Phi) is 4.74. The van der Waals surface area contributed by atoms with Crippen LogP contribution >= 0.6 is 11.6 Å². The van der Waals surface area contributed by atoms with Crippen molar-refractivity contribution in [1.82, 2.24) is 10.2 Å². The topological polar surface area (TPSA) is 58.4 Å². The molecule has 1 atom stereocenters. The van der Waals surface area contributed by atoms with Crippen molar-refractivity contribution in [2.24, 2.45) is 5.92 Å². The molecule has 0 radical (unpaired) electrons. The second-order valence-corrected chi connectivity index (χ2v) is 5.41. The van der Waals surface area contributed by atoms with Crippen LogP contribution in [-0.2, 0) is 6.54 Å². The number of halogens is 1. The maximum absolute atomic E-state index is 11.0. The van der Waals surface area contributed by atoms with Crippen LogP contribution in [0.2, 0.25) is 5.02 Å². The van der Waals surface area contributed by atoms with Crippen LogP contribution in [0.25, 0.3) is 0 Å². The van der Waals surface area contributed by atoms with Gasteiger partial charge in [0.25, 0.3) is 5.69 Å². The number of hydrogen-bond donors (Lipinski definition) is 1. The van der Waals surface area contributed by atoms with Crippen molar-refractivity contribution in [3.8, 4) is 0 Å². The lowest BCUT2D eigenvalue weighted by molar-refractivity contribution is -0.385. The number of nitro groups is 1. The van der Waals surface area contributed by atoms with E-state index in [0.717, 1.165) is 26.1 Å². The van der Waals surface area contributed by atoms with Gasteiger partial charge in [-0.25, -0.2) is 0 Å². The van der Waals surface area contributed by atoms with Gasteiger partial charge in [0.1, 0.15) is 0 Å². The molecule has 2 rings (SSSR count). The third kappa shape index (κ3) is 3.65. The SMILES string of the molecule is CNCC1CCN(Cc2cc(Cl)ccc2[N+](=O)[O-])C1. The summed E-state index contributed by atoms with van der Waals surface area (Å²) in [7, 11) is 1.95. The number of rotatable bonds is 5. The van der Waals surface area contributed by atoms with Gasteiger partial charge in [-0.15, -0.1) is 0 Å². The van der Waals surface area contributed by atoms with Crippen molar-refractivity contribution in [1.29, 1.82) is 0 Å². The Hall–Kier alpha value is -1.17. The molecule has 1 heterocycles. The summed E-state index contributed by atoms with van der Waals surface area (Å²) >= 11 is 5.93. The normalized spacial score (nSPS) is 19.8. The molecule has 1 aliphatic heterocycles. The van der Waals surface area contributed by atoms with E-state index in [0.29, 0.717) is 23.0 Å². The molecule has 1 aliphatic rings. The molecule has 0 spiro atoms. The second-order valence-electron chi connectivity index (χ2n) is 4.98. The number of hydrogen-bond acceptors (Lipinski definition) is 4. The van der Waals surface area contributed by atoms with E-state index in [2.05, 4.69) is 10.2 Å². The molecular formula is C13H18ClN3O2. The lowest BCUT2D eigenvalue weighted by atomic mass is 10.1. The van der Waals surface area contributed by atoms with Crippen molar-refractivity contribution in [3.63, 3.8) is 0 Å². The number of benzene rings is 1. The van der Waals surface area contributed by atoms with Gasteiger partial charge in [0, 0.05) is 29.7 Å². The highest BCUT2D eigenvalue weighted by Crippen LogP contribution is 2.26. The van der Waals surface area contributed by atoms with Gasteiger partial charge in [0.05, 0.1) is 4.92 Å². The fraction of sp³-hybridized carbons (Fsp3) is 0.538. The van der Waals surface area contributed by atoms with Crippen LogP contribution in [0.5, 0.6) is 0 Å². The van der Waals surface area contributed by atoms with Gasteiger partial charge in [0.15, 0.2) is 0 Å². The van der Waals surface area contributed by atoms with E-state index < -0.39 is 0 Å². The third-order valence-electron chi connectivity index (χ3n) is 3.49. The number of nitro benzene ring substituents is 1. The third-order valence-corrected chi connectivity index (χ3v) is 3.73. The Morgan fingerprint density at radius 1 is 1.58 bits per heavy atom. The first-order chi connectivity index (χ1) is 9.10. The van der Waals surface area contributed by atoms with Crippen LogP contribution in [0.1, 0.15) is 12.0 Å². The second kappa shape index (κ2) is 6.32. The zero-order valence-electron chi connectivity index (χ0n) is 10.9. The van der Waals surface area contributed by atoms with Crippen molar-refractivity contribution in [3.05, 3.63) is 38.9 Å². The van der Waals surface area contributed by atoms with Gasteiger partial charge in [-0.2, -0.15) is 0 Å². The Morgan fingerprint density at radius 2 is 2.37 bits per heavy atom. The molecule has 1 N–H and O–H groups in total. The standard InChI is InChI=1S/C13H18ClN3O2/c1-15-7-10-4-5-16(8-10)9-11-6-12(14)2-3-13(11)17(18)19/h2-3,6,10,15H,4-5,7-9H2,1H3. The van der Waals surface area contributed by atoms with E-state index >= 15 is 0 Å². The predicted octanol–water partition coefficient (Wildman–Crippen LogP) is 2.29. The fourth-order valence-electron chi connectivity index (χ4n) is 2.61. The van der Waals surface area contributed by atoms with Crippen LogP contribution in [0, 0.1) is 16.0 Å². The zero-order chi connectivity index (χ0) is 13.8. The molecule has 0 amide bonds. The van der Waals surface area contributed by atoms with Crippen molar-refractivity contribution >= 4 is 17.3 Å². The Balaban J connectivity index is 2.07. The van der Waals surface area contributed by atoms with Gasteiger partial charge in [-0.05, 0) is 44.6 Å². The lowest BCUT2D eigenvalue weighted by Crippen LogP contribution is -2.24. The molecule has 6 heteroatoms. The Labute approximate surface area is 117 Å². The number of nitrogens with one attached hydrogen (secondary N) is 1. The minimum Gasteiger partial charge on any atom is -0.319 e. The molecular weight excluding hydrogens is 266 g/mol. The summed E-state index contributed by atoms with van der Waals surface area (Å²) in [5.41, 5.74) is 0.851. The van der Waals surface area contributed by atoms with Crippen LogP contribution in [0.15, 0.2) is 18.2 Å². The summed E-state index contributed by atoms with van der Waals surface area (Å²) in [4.78, 5) is 12.9. The first-order valence-corrected chi connectivity index (χ1v) is 6.77. The van der Waals surface area contributed by atoms with Gasteiger partial charge >= 0.3 is 0 Å². The van der Waals surface area contributed by atoms with Crippen LogP contribution < -0.4 is 5.32 Å². The molecule has 1 aromatic carbocycles. The molecule has 0 saturated carbocycles. The number of likely N-dealkylation sites (tertiary alicyclic amines) is 1. The Morgan fingerprint density at radius 3 is 3.05 bits per heavy atom. The molecule has 5 nitrogen and oxygen atoms in total. The Bertz CT molecular complexity index is 467. The smallest absolute Gasteiger partial charge is 0.273 e. The van der Waals surface area contributed by atoms with Gasteiger partial charge in [-0.1, -0.05) is 11.6 Å². The summed E-state index contributed by atoms with van der Waals surface area (Å²) in [5, 5.41) is 14.7. The summed E-state index contributed by atoms with van der Waals surface area (Å²) in [6, 6.07) is 4.75. The van der Waals surface area contributed by atoms with Crippen LogP contribution in [-0.4, -0.2) is 36.5 Å². The molecule has 0 bridgehead atoms. The summed E-state index contributed by atoms with van der Waals surface area (Å²) in [6.07, 6.45) is 1.13. The largest absolute Gasteiger partial charge is 0.319 e. The van der Waals surface area contributed by atoms with Gasteiger partial charge in [0.2, 0.25) is 0 Å². The average molecular weight is 284 g/mol. The van der Waals surface area contributed by atoms with Crippen molar-refractivity contribution < 1.29 is 4.92 Å². The van der Waals surface area contributed by atoms with Crippen molar-refractivity contribution in [2.45, 2.75) is 13.0 Å². The van der Waals surface area contributed by atoms with E-state index in [-0.39, 0.29) is 10.6 Å². The van der Waals surface area contributed by atoms with Crippen LogP contribution in [0.3, 0.4) is 0 Å². The molecule has 1 unspecified atom stereocenters. The monoisotopic (exact) mass is 283 g/mol. The number of nitrogens with zero attached hydrogens (tertiary/aromatic N) is 2. The molecule has 1 saturated heterocycles. The fourth-order valence-corrected chi connectivity index (χ4v) is 2.81. The quantitative estimate of drug-likeness (QED) is 0.665. The molecule has 1 aromatic rings. The summed E-state index contributed by atoms with van der Waals surface area (Å²) in [5.74, 6) is 0.628. The predicted molar refractivity (Wildman–Crippen MR) is 75.4 cm³/mol. The average Bonchev–Trinajstić information content (AvgIpc) is 2.77. The van der Waals surface area contributed by atoms with E-state index in [1.54, 1.807) is 12.1 Å². The minimum atomic E-state index is -0.340. The van der Waals surface area contributed by atoms with E-state index in [9.17, 15) is 10.1 Å². The highest BCUT2D eigenvalue weighted by Gasteiger charge is 2.24. The summed E-state index contributed by atoms with van der Waals surface area (Å²) in [6.45, 7) is 3.55. The molecule has 104 valence electrons. The molecule has 19 heavy (non-hydrogen) atoms. The maximum Gasteiger partial charge on any atom is 0.273 e. The first-order valence-electron chi connectivity index (χ1n) is 6.40. The van der Waals surface area contributed by atoms with Gasteiger partial charge in [-0.3, -0.25) is 15.0 Å². The first kappa shape index (κ1) is 14.2. The van der Waals surface area contributed by atoms with Crippen molar-refractivity contribution in [2.75, 3.05) is 26.7 Å². The molecule has 0 aromatic heterocycles. The lowest BCUT2D eigenvalue weighted by Gasteiger charge is -2.16. The van der Waals surface area contributed by atoms with E-state index in [1.165, 1.54) is 6.07 Å². The van der Waals surface area contributed by atoms with E-state index in [4.69, 9.17) is 11.6 Å².